The average molecular weight is 372 g/mol. The summed E-state index contributed by atoms with van der Waals surface area (Å²) in [6.45, 7) is 2.70. The number of anilines is 2. The van der Waals surface area contributed by atoms with Gasteiger partial charge in [-0.3, -0.25) is 4.79 Å². The summed E-state index contributed by atoms with van der Waals surface area (Å²) >= 11 is 0. The number of ether oxygens (including phenoxy) is 1. The molecule has 0 saturated heterocycles. The van der Waals surface area contributed by atoms with Crippen LogP contribution < -0.4 is 15.0 Å². The van der Waals surface area contributed by atoms with E-state index < -0.39 is 0 Å². The van der Waals surface area contributed by atoms with Crippen LogP contribution in [0.1, 0.15) is 24.1 Å². The van der Waals surface area contributed by atoms with Gasteiger partial charge in [0.2, 0.25) is 0 Å². The number of nitrogens with zero attached hydrogens (tertiary/aromatic N) is 1. The Balaban J connectivity index is 1.51. The molecular weight excluding hydrogens is 348 g/mol. The van der Waals surface area contributed by atoms with Crippen molar-refractivity contribution >= 4 is 17.3 Å². The summed E-state index contributed by atoms with van der Waals surface area (Å²) in [6.07, 6.45) is 0.984. The Kier molecular flexibility index (Phi) is 5.29. The normalized spacial score (nSPS) is 15.5. The number of hydrogen-bond donors (Lipinski definition) is 1. The van der Waals surface area contributed by atoms with E-state index in [0.29, 0.717) is 12.3 Å². The minimum absolute atomic E-state index is 0.0152. The molecule has 0 spiro atoms. The highest BCUT2D eigenvalue weighted by Crippen LogP contribution is 2.35. The first-order chi connectivity index (χ1) is 13.7. The van der Waals surface area contributed by atoms with Gasteiger partial charge in [0.1, 0.15) is 5.75 Å². The molecule has 4 nitrogen and oxygen atoms in total. The molecule has 1 aliphatic rings. The predicted octanol–water partition coefficient (Wildman–Crippen LogP) is 4.83. The lowest BCUT2D eigenvalue weighted by atomic mass is 10.0. The van der Waals surface area contributed by atoms with Crippen molar-refractivity contribution in [2.24, 2.45) is 0 Å². The summed E-state index contributed by atoms with van der Waals surface area (Å²) in [7, 11) is 0. The molecule has 3 aromatic rings. The zero-order valence-corrected chi connectivity index (χ0v) is 16.0. The average Bonchev–Trinajstić information content (AvgIpc) is 2.77. The Labute approximate surface area is 165 Å². The Morgan fingerprint density at radius 2 is 1.71 bits per heavy atom. The van der Waals surface area contributed by atoms with Gasteiger partial charge in [-0.05, 0) is 41.8 Å². The minimum Gasteiger partial charge on any atom is -0.484 e. The van der Waals surface area contributed by atoms with E-state index in [1.807, 2.05) is 71.6 Å². The van der Waals surface area contributed by atoms with E-state index in [9.17, 15) is 4.79 Å². The van der Waals surface area contributed by atoms with Gasteiger partial charge < -0.3 is 15.0 Å². The predicted molar refractivity (Wildman–Crippen MR) is 113 cm³/mol. The second-order valence-electron chi connectivity index (χ2n) is 6.92. The SMILES string of the molecule is CCc1ccc(OCC(=O)N2CC(c3ccccc3)Nc3ccccc32)cc1. The third-order valence-electron chi connectivity index (χ3n) is 5.09. The van der Waals surface area contributed by atoms with E-state index in [0.717, 1.165) is 23.4 Å². The van der Waals surface area contributed by atoms with Crippen LogP contribution in [0, 0.1) is 0 Å². The van der Waals surface area contributed by atoms with Crippen LogP contribution in [0.25, 0.3) is 0 Å². The zero-order valence-electron chi connectivity index (χ0n) is 16.0. The maximum absolute atomic E-state index is 13.0. The molecule has 142 valence electrons. The third-order valence-corrected chi connectivity index (χ3v) is 5.09. The van der Waals surface area contributed by atoms with Gasteiger partial charge in [-0.1, -0.05) is 61.5 Å². The quantitative estimate of drug-likeness (QED) is 0.698. The first kappa shape index (κ1) is 18.1. The molecule has 1 unspecified atom stereocenters. The fraction of sp³-hybridized carbons (Fsp3) is 0.208. The summed E-state index contributed by atoms with van der Waals surface area (Å²) in [5.41, 5.74) is 4.26. The van der Waals surface area contributed by atoms with Crippen LogP contribution in [-0.4, -0.2) is 19.1 Å². The van der Waals surface area contributed by atoms with Gasteiger partial charge in [-0.25, -0.2) is 0 Å². The van der Waals surface area contributed by atoms with E-state index >= 15 is 0 Å². The van der Waals surface area contributed by atoms with E-state index in [-0.39, 0.29) is 18.6 Å². The minimum atomic E-state index is -0.0468. The lowest BCUT2D eigenvalue weighted by Gasteiger charge is -2.36. The summed E-state index contributed by atoms with van der Waals surface area (Å²) in [4.78, 5) is 14.8. The Bertz CT molecular complexity index is 938. The largest absolute Gasteiger partial charge is 0.484 e. The second kappa shape index (κ2) is 8.17. The van der Waals surface area contributed by atoms with Gasteiger partial charge >= 0.3 is 0 Å². The lowest BCUT2D eigenvalue weighted by Crippen LogP contribution is -2.43. The van der Waals surface area contributed by atoms with Crippen molar-refractivity contribution in [3.8, 4) is 5.75 Å². The summed E-state index contributed by atoms with van der Waals surface area (Å²) in [5.74, 6) is 0.669. The van der Waals surface area contributed by atoms with Crippen molar-refractivity contribution in [3.05, 3.63) is 90.0 Å². The summed E-state index contributed by atoms with van der Waals surface area (Å²) in [6, 6.07) is 26.1. The van der Waals surface area contributed by atoms with Gasteiger partial charge in [0.05, 0.1) is 24.0 Å². The van der Waals surface area contributed by atoms with Gasteiger partial charge in [-0.2, -0.15) is 0 Å². The first-order valence-corrected chi connectivity index (χ1v) is 9.67. The Morgan fingerprint density at radius 1 is 1.00 bits per heavy atom. The van der Waals surface area contributed by atoms with Crippen molar-refractivity contribution in [3.63, 3.8) is 0 Å². The topological polar surface area (TPSA) is 41.6 Å². The molecule has 0 bridgehead atoms. The van der Waals surface area contributed by atoms with Gasteiger partial charge in [-0.15, -0.1) is 0 Å². The highest BCUT2D eigenvalue weighted by molar-refractivity contribution is 5.98. The summed E-state index contributed by atoms with van der Waals surface area (Å²) < 4.78 is 5.76. The summed E-state index contributed by atoms with van der Waals surface area (Å²) in [5, 5.41) is 3.55. The molecule has 0 saturated carbocycles. The smallest absolute Gasteiger partial charge is 0.265 e. The van der Waals surface area contributed by atoms with Crippen molar-refractivity contribution in [2.75, 3.05) is 23.4 Å². The molecular formula is C24H24N2O2. The van der Waals surface area contributed by atoms with Gasteiger partial charge in [0.25, 0.3) is 5.91 Å². The molecule has 1 amide bonds. The number of carbonyl (C=O) groups excluding carboxylic acids is 1. The molecule has 0 fully saturated rings. The molecule has 1 heterocycles. The van der Waals surface area contributed by atoms with Crippen molar-refractivity contribution in [1.29, 1.82) is 0 Å². The van der Waals surface area contributed by atoms with Crippen LogP contribution in [0.15, 0.2) is 78.9 Å². The van der Waals surface area contributed by atoms with Crippen LogP contribution >= 0.6 is 0 Å². The van der Waals surface area contributed by atoms with E-state index in [2.05, 4.69) is 24.4 Å². The maximum Gasteiger partial charge on any atom is 0.265 e. The van der Waals surface area contributed by atoms with Crippen LogP contribution in [0.5, 0.6) is 5.75 Å². The maximum atomic E-state index is 13.0. The highest BCUT2D eigenvalue weighted by atomic mass is 16.5. The van der Waals surface area contributed by atoms with E-state index in [4.69, 9.17) is 4.74 Å². The second-order valence-corrected chi connectivity index (χ2v) is 6.92. The van der Waals surface area contributed by atoms with Crippen LogP contribution in [-0.2, 0) is 11.2 Å². The van der Waals surface area contributed by atoms with Crippen molar-refractivity contribution in [1.82, 2.24) is 0 Å². The van der Waals surface area contributed by atoms with E-state index in [1.54, 1.807) is 0 Å². The van der Waals surface area contributed by atoms with Crippen molar-refractivity contribution in [2.45, 2.75) is 19.4 Å². The Hall–Kier alpha value is -3.27. The zero-order chi connectivity index (χ0) is 19.3. The standard InChI is InChI=1S/C24H24N2O2/c1-2-18-12-14-20(15-13-18)28-17-24(27)26-16-22(19-8-4-3-5-9-19)25-21-10-6-7-11-23(21)26/h3-15,22,25H,2,16-17H2,1H3. The molecule has 4 rings (SSSR count). The van der Waals surface area contributed by atoms with Gasteiger partial charge in [0.15, 0.2) is 6.61 Å². The van der Waals surface area contributed by atoms with Crippen LogP contribution in [0.2, 0.25) is 0 Å². The molecule has 0 aliphatic carbocycles. The van der Waals surface area contributed by atoms with Crippen LogP contribution in [0.4, 0.5) is 11.4 Å². The third kappa shape index (κ3) is 3.86. The number of fused-ring (bicyclic) bond motifs is 1. The van der Waals surface area contributed by atoms with Crippen molar-refractivity contribution < 1.29 is 9.53 Å². The fourth-order valence-corrected chi connectivity index (χ4v) is 3.50. The molecule has 0 aromatic heterocycles. The number of hydrogen-bond acceptors (Lipinski definition) is 3. The number of carbonyl (C=O) groups is 1. The number of rotatable bonds is 5. The number of para-hydroxylation sites is 2. The Morgan fingerprint density at radius 3 is 2.46 bits per heavy atom. The monoisotopic (exact) mass is 372 g/mol. The van der Waals surface area contributed by atoms with Gasteiger partial charge in [0, 0.05) is 0 Å². The number of benzene rings is 3. The molecule has 0 radical (unpaired) electrons. The molecule has 3 aromatic carbocycles. The van der Waals surface area contributed by atoms with Crippen LogP contribution in [0.3, 0.4) is 0 Å². The number of aryl methyl sites for hydroxylation is 1. The molecule has 1 N–H and O–H groups in total. The molecule has 1 atom stereocenters. The fourth-order valence-electron chi connectivity index (χ4n) is 3.50. The molecule has 1 aliphatic heterocycles. The first-order valence-electron chi connectivity index (χ1n) is 9.67. The highest BCUT2D eigenvalue weighted by Gasteiger charge is 2.28. The number of nitrogens with one attached hydrogen (secondary N) is 1. The lowest BCUT2D eigenvalue weighted by molar-refractivity contribution is -0.120. The molecule has 28 heavy (non-hydrogen) atoms. The van der Waals surface area contributed by atoms with E-state index in [1.165, 1.54) is 5.56 Å². The number of amides is 1. The molecule has 4 heteroatoms.